The molecule has 2 N–H and O–H groups in total. The van der Waals surface area contributed by atoms with Crippen LogP contribution >= 0.6 is 15.9 Å². The maximum atomic E-state index is 13.0. The lowest BCUT2D eigenvalue weighted by Crippen LogP contribution is -2.49. The molecule has 1 saturated carbocycles. The number of hydrogen-bond acceptors (Lipinski definition) is 7. The van der Waals surface area contributed by atoms with E-state index in [0.717, 1.165) is 64.8 Å². The van der Waals surface area contributed by atoms with Crippen molar-refractivity contribution in [2.75, 3.05) is 23.3 Å². The SMILES string of the molecule is CC(C)(C)OC(=O)N[C@@H]1CCCN(c2ccc(Nc3c(C(=O)C4CC4)cnc4ccc(Br)cc34)cn2)C1. The van der Waals surface area contributed by atoms with Crippen LogP contribution < -0.4 is 15.5 Å². The molecule has 37 heavy (non-hydrogen) atoms. The Morgan fingerprint density at radius 3 is 2.59 bits per heavy atom. The molecule has 1 aromatic carbocycles. The highest BCUT2D eigenvalue weighted by molar-refractivity contribution is 9.10. The molecule has 194 valence electrons. The van der Waals surface area contributed by atoms with E-state index in [1.165, 1.54) is 0 Å². The molecular weight excluding hydrogens is 534 g/mol. The zero-order valence-corrected chi connectivity index (χ0v) is 23.0. The number of aromatic nitrogens is 2. The summed E-state index contributed by atoms with van der Waals surface area (Å²) in [5.74, 6) is 1.07. The van der Waals surface area contributed by atoms with Crippen molar-refractivity contribution in [3.05, 3.63) is 52.8 Å². The van der Waals surface area contributed by atoms with Crippen molar-refractivity contribution in [2.45, 2.75) is 58.1 Å². The first kappa shape index (κ1) is 25.4. The Balaban J connectivity index is 1.33. The minimum Gasteiger partial charge on any atom is -0.444 e. The number of rotatable bonds is 6. The van der Waals surface area contributed by atoms with Gasteiger partial charge < -0.3 is 20.3 Å². The Labute approximate surface area is 225 Å². The van der Waals surface area contributed by atoms with E-state index >= 15 is 0 Å². The lowest BCUT2D eigenvalue weighted by atomic mass is 10.0. The normalized spacial score (nSPS) is 17.9. The minimum absolute atomic E-state index is 0.000765. The number of nitrogens with zero attached hydrogens (tertiary/aromatic N) is 3. The molecule has 2 fully saturated rings. The number of carbonyl (C=O) groups is 2. The Morgan fingerprint density at radius 1 is 1.08 bits per heavy atom. The first-order valence-electron chi connectivity index (χ1n) is 12.8. The summed E-state index contributed by atoms with van der Waals surface area (Å²) in [5, 5.41) is 7.33. The Bertz CT molecular complexity index is 1320. The molecule has 2 aromatic heterocycles. The number of anilines is 3. The number of Topliss-reactive ketones (excluding diaryl/α,β-unsaturated/α-hetero) is 1. The third kappa shape index (κ3) is 6.21. The Hall–Kier alpha value is -3.20. The van der Waals surface area contributed by atoms with Crippen LogP contribution in [0.2, 0.25) is 0 Å². The minimum atomic E-state index is -0.526. The van der Waals surface area contributed by atoms with Crippen LogP contribution in [0.5, 0.6) is 0 Å². The van der Waals surface area contributed by atoms with Gasteiger partial charge in [0, 0.05) is 41.1 Å². The molecule has 3 heterocycles. The Kier molecular flexibility index (Phi) is 7.07. The van der Waals surface area contributed by atoms with Crippen LogP contribution in [0.1, 0.15) is 56.8 Å². The van der Waals surface area contributed by atoms with Gasteiger partial charge in [0.2, 0.25) is 0 Å². The number of ether oxygens (including phenoxy) is 1. The van der Waals surface area contributed by atoms with Crippen molar-refractivity contribution in [3.63, 3.8) is 0 Å². The highest BCUT2D eigenvalue weighted by Crippen LogP contribution is 2.38. The number of carbonyl (C=O) groups excluding carboxylic acids is 2. The molecule has 1 amide bonds. The predicted octanol–water partition coefficient (Wildman–Crippen LogP) is 6.22. The molecule has 1 aliphatic heterocycles. The Morgan fingerprint density at radius 2 is 1.89 bits per heavy atom. The highest BCUT2D eigenvalue weighted by Gasteiger charge is 2.32. The molecular formula is C28H32BrN5O3. The predicted molar refractivity (Wildman–Crippen MR) is 149 cm³/mol. The van der Waals surface area contributed by atoms with E-state index in [9.17, 15) is 9.59 Å². The molecule has 1 atom stereocenters. The molecule has 3 aromatic rings. The molecule has 0 spiro atoms. The number of pyridine rings is 2. The summed E-state index contributed by atoms with van der Waals surface area (Å²) in [7, 11) is 0. The smallest absolute Gasteiger partial charge is 0.407 e. The summed E-state index contributed by atoms with van der Waals surface area (Å²) < 4.78 is 6.34. The number of ketones is 1. The van der Waals surface area contributed by atoms with Gasteiger partial charge in [-0.1, -0.05) is 15.9 Å². The van der Waals surface area contributed by atoms with E-state index in [-0.39, 0.29) is 23.8 Å². The standard InChI is InChI=1S/C28H32BrN5O3/c1-28(2,3)37-27(36)33-20-5-4-12-34(16-20)24-11-9-19(14-31-24)32-25-21-13-18(29)8-10-23(21)30-15-22(25)26(35)17-6-7-17/h8-11,13-15,17,20H,4-7,12,16H2,1-3H3,(H,30,32)(H,33,36)/t20-/m1/s1. The van der Waals surface area contributed by atoms with Gasteiger partial charge in [0.15, 0.2) is 5.78 Å². The fraction of sp³-hybridized carbons (Fsp3) is 0.429. The summed E-state index contributed by atoms with van der Waals surface area (Å²) >= 11 is 3.55. The molecule has 1 aliphatic carbocycles. The maximum Gasteiger partial charge on any atom is 0.407 e. The second kappa shape index (κ2) is 10.3. The van der Waals surface area contributed by atoms with Gasteiger partial charge in [-0.15, -0.1) is 0 Å². The van der Waals surface area contributed by atoms with Gasteiger partial charge >= 0.3 is 6.09 Å². The second-order valence-electron chi connectivity index (χ2n) is 10.8. The van der Waals surface area contributed by atoms with E-state index in [1.54, 1.807) is 12.4 Å². The second-order valence-corrected chi connectivity index (χ2v) is 11.7. The van der Waals surface area contributed by atoms with E-state index in [2.05, 4.69) is 36.4 Å². The van der Waals surface area contributed by atoms with Crippen LogP contribution in [0.15, 0.2) is 47.2 Å². The summed E-state index contributed by atoms with van der Waals surface area (Å²) in [6.07, 6.45) is 6.81. The summed E-state index contributed by atoms with van der Waals surface area (Å²) in [5.41, 5.74) is 2.46. The summed E-state index contributed by atoms with van der Waals surface area (Å²) in [6, 6.07) is 9.82. The number of amides is 1. The van der Waals surface area contributed by atoms with Crippen molar-refractivity contribution in [1.82, 2.24) is 15.3 Å². The first-order valence-corrected chi connectivity index (χ1v) is 13.6. The fourth-order valence-corrected chi connectivity index (χ4v) is 4.98. The van der Waals surface area contributed by atoms with Crippen molar-refractivity contribution < 1.29 is 14.3 Å². The van der Waals surface area contributed by atoms with E-state index < -0.39 is 5.60 Å². The van der Waals surface area contributed by atoms with Crippen LogP contribution in [0.3, 0.4) is 0 Å². The average Bonchev–Trinajstić information content (AvgIpc) is 3.69. The number of nitrogens with one attached hydrogen (secondary N) is 2. The van der Waals surface area contributed by atoms with Gasteiger partial charge in [-0.25, -0.2) is 9.78 Å². The number of hydrogen-bond donors (Lipinski definition) is 2. The maximum absolute atomic E-state index is 13.0. The number of alkyl carbamates (subject to hydrolysis) is 1. The van der Waals surface area contributed by atoms with Gasteiger partial charge in [0.05, 0.1) is 28.7 Å². The monoisotopic (exact) mass is 565 g/mol. The van der Waals surface area contributed by atoms with Crippen LogP contribution in [0, 0.1) is 5.92 Å². The van der Waals surface area contributed by atoms with Crippen LogP contribution in [-0.4, -0.2) is 46.6 Å². The van der Waals surface area contributed by atoms with Crippen molar-refractivity contribution >= 4 is 55.9 Å². The molecule has 2 aliphatic rings. The average molecular weight is 567 g/mol. The van der Waals surface area contributed by atoms with Gasteiger partial charge in [-0.3, -0.25) is 9.78 Å². The van der Waals surface area contributed by atoms with Crippen molar-refractivity contribution in [1.29, 1.82) is 0 Å². The lowest BCUT2D eigenvalue weighted by molar-refractivity contribution is 0.0499. The van der Waals surface area contributed by atoms with E-state index in [0.29, 0.717) is 12.1 Å². The van der Waals surface area contributed by atoms with Gasteiger partial charge in [-0.2, -0.15) is 0 Å². The van der Waals surface area contributed by atoms with E-state index in [4.69, 9.17) is 9.72 Å². The van der Waals surface area contributed by atoms with Crippen LogP contribution in [0.4, 0.5) is 22.0 Å². The number of fused-ring (bicyclic) bond motifs is 1. The number of halogens is 1. The van der Waals surface area contributed by atoms with Crippen LogP contribution in [0.25, 0.3) is 10.9 Å². The van der Waals surface area contributed by atoms with Crippen LogP contribution in [-0.2, 0) is 4.74 Å². The zero-order valence-electron chi connectivity index (χ0n) is 21.4. The fourth-order valence-electron chi connectivity index (χ4n) is 4.62. The molecule has 0 unspecified atom stereocenters. The lowest BCUT2D eigenvalue weighted by Gasteiger charge is -2.34. The third-order valence-electron chi connectivity index (χ3n) is 6.53. The largest absolute Gasteiger partial charge is 0.444 e. The topological polar surface area (TPSA) is 96.5 Å². The van der Waals surface area contributed by atoms with Crippen molar-refractivity contribution in [2.24, 2.45) is 5.92 Å². The van der Waals surface area contributed by atoms with Crippen molar-refractivity contribution in [3.8, 4) is 0 Å². The van der Waals surface area contributed by atoms with Gasteiger partial charge in [0.1, 0.15) is 11.4 Å². The third-order valence-corrected chi connectivity index (χ3v) is 7.02. The zero-order chi connectivity index (χ0) is 26.2. The number of piperidine rings is 1. The van der Waals surface area contributed by atoms with E-state index in [1.807, 2.05) is 51.1 Å². The molecule has 8 nitrogen and oxygen atoms in total. The molecule has 9 heteroatoms. The quantitative estimate of drug-likeness (QED) is 0.342. The molecule has 5 rings (SSSR count). The summed E-state index contributed by atoms with van der Waals surface area (Å²) in [4.78, 5) is 36.7. The first-order chi connectivity index (χ1) is 17.7. The molecule has 1 saturated heterocycles. The van der Waals surface area contributed by atoms with Gasteiger partial charge in [-0.05, 0) is 76.8 Å². The number of benzene rings is 1. The highest BCUT2D eigenvalue weighted by atomic mass is 79.9. The molecule has 0 bridgehead atoms. The van der Waals surface area contributed by atoms with Gasteiger partial charge in [0.25, 0.3) is 0 Å². The molecule has 0 radical (unpaired) electrons. The summed E-state index contributed by atoms with van der Waals surface area (Å²) in [6.45, 7) is 7.12.